The van der Waals surface area contributed by atoms with E-state index in [1.165, 1.54) is 64.5 Å². The molecule has 0 heterocycles. The van der Waals surface area contributed by atoms with Crippen LogP contribution in [0.1, 0.15) is 79.1 Å². The summed E-state index contributed by atoms with van der Waals surface area (Å²) in [6.45, 7) is 12.0. The van der Waals surface area contributed by atoms with Crippen LogP contribution in [0.4, 0.5) is 0 Å². The third-order valence-electron chi connectivity index (χ3n) is 4.09. The fourth-order valence-electron chi connectivity index (χ4n) is 2.53. The van der Waals surface area contributed by atoms with Gasteiger partial charge in [-0.1, -0.05) is 53.4 Å². The van der Waals surface area contributed by atoms with Crippen LogP contribution in [-0.4, -0.2) is 13.1 Å². The molecule has 0 aromatic heterocycles. The Morgan fingerprint density at radius 2 is 1.12 bits per heavy atom. The summed E-state index contributed by atoms with van der Waals surface area (Å²) >= 11 is 0. The predicted molar refractivity (Wildman–Crippen MR) is 78.3 cm³/mol. The second kappa shape index (κ2) is 12.4. The van der Waals surface area contributed by atoms with E-state index >= 15 is 0 Å². The van der Waals surface area contributed by atoms with Gasteiger partial charge in [0.1, 0.15) is 0 Å². The molecule has 17 heavy (non-hydrogen) atoms. The summed E-state index contributed by atoms with van der Waals surface area (Å²) in [5.74, 6) is 1.91. The molecule has 2 atom stereocenters. The van der Waals surface area contributed by atoms with Crippen molar-refractivity contribution in [3.05, 3.63) is 0 Å². The molecule has 0 saturated heterocycles. The summed E-state index contributed by atoms with van der Waals surface area (Å²) in [5, 5.41) is 2.59. The van der Waals surface area contributed by atoms with Crippen molar-refractivity contribution in [1.29, 1.82) is 0 Å². The lowest BCUT2D eigenvalue weighted by molar-refractivity contribution is -0.666. The van der Waals surface area contributed by atoms with Crippen molar-refractivity contribution in [3.8, 4) is 0 Å². The van der Waals surface area contributed by atoms with Crippen LogP contribution in [0.15, 0.2) is 0 Å². The van der Waals surface area contributed by atoms with Gasteiger partial charge in [-0.05, 0) is 25.7 Å². The van der Waals surface area contributed by atoms with Gasteiger partial charge in [0.25, 0.3) is 0 Å². The highest BCUT2D eigenvalue weighted by Crippen LogP contribution is 2.11. The monoisotopic (exact) mass is 242 g/mol. The Balaban J connectivity index is 3.61. The first-order chi connectivity index (χ1) is 8.28. The van der Waals surface area contributed by atoms with Crippen LogP contribution >= 0.6 is 0 Å². The van der Waals surface area contributed by atoms with Crippen LogP contribution in [-0.2, 0) is 0 Å². The molecular formula is C16H36N+. The van der Waals surface area contributed by atoms with Gasteiger partial charge in [-0.2, -0.15) is 0 Å². The first kappa shape index (κ1) is 17.0. The number of rotatable bonds is 12. The van der Waals surface area contributed by atoms with Gasteiger partial charge in [0, 0.05) is 11.8 Å². The van der Waals surface area contributed by atoms with Crippen molar-refractivity contribution < 1.29 is 5.32 Å². The van der Waals surface area contributed by atoms with Gasteiger partial charge in [-0.15, -0.1) is 0 Å². The summed E-state index contributed by atoms with van der Waals surface area (Å²) in [6, 6.07) is 0. The van der Waals surface area contributed by atoms with Crippen LogP contribution in [0, 0.1) is 11.8 Å². The van der Waals surface area contributed by atoms with Crippen LogP contribution in [0.3, 0.4) is 0 Å². The molecule has 0 aromatic carbocycles. The molecular weight excluding hydrogens is 206 g/mol. The normalized spacial score (nSPS) is 14.8. The smallest absolute Gasteiger partial charge is 0.0783 e. The number of unbranched alkanes of at least 4 members (excludes halogenated alkanes) is 2. The minimum atomic E-state index is 0.957. The summed E-state index contributed by atoms with van der Waals surface area (Å²) in [4.78, 5) is 0. The number of nitrogens with two attached hydrogens (primary N) is 1. The van der Waals surface area contributed by atoms with E-state index in [4.69, 9.17) is 0 Å². The maximum absolute atomic E-state index is 2.59. The largest absolute Gasteiger partial charge is 0.346 e. The molecule has 0 aromatic rings. The SMILES string of the molecule is CCCCC(CC)C[NH2+]CC(CC)CCCC. The van der Waals surface area contributed by atoms with Gasteiger partial charge in [0.2, 0.25) is 0 Å². The first-order valence-corrected chi connectivity index (χ1v) is 8.09. The fraction of sp³-hybridized carbons (Fsp3) is 1.00. The molecule has 0 rings (SSSR count). The van der Waals surface area contributed by atoms with Gasteiger partial charge >= 0.3 is 0 Å². The van der Waals surface area contributed by atoms with Crippen molar-refractivity contribution >= 4 is 0 Å². The molecule has 0 radical (unpaired) electrons. The van der Waals surface area contributed by atoms with E-state index < -0.39 is 0 Å². The molecule has 0 fully saturated rings. The van der Waals surface area contributed by atoms with Crippen LogP contribution in [0.2, 0.25) is 0 Å². The van der Waals surface area contributed by atoms with E-state index in [1.807, 2.05) is 0 Å². The topological polar surface area (TPSA) is 16.6 Å². The van der Waals surface area contributed by atoms with Gasteiger partial charge in [0.15, 0.2) is 0 Å². The zero-order valence-electron chi connectivity index (χ0n) is 12.8. The van der Waals surface area contributed by atoms with Crippen molar-refractivity contribution in [2.45, 2.75) is 79.1 Å². The molecule has 0 amide bonds. The summed E-state index contributed by atoms with van der Waals surface area (Å²) < 4.78 is 0. The van der Waals surface area contributed by atoms with Crippen molar-refractivity contribution in [1.82, 2.24) is 0 Å². The Kier molecular flexibility index (Phi) is 12.4. The summed E-state index contributed by atoms with van der Waals surface area (Å²) in [5.41, 5.74) is 0. The molecule has 104 valence electrons. The van der Waals surface area contributed by atoms with Crippen LogP contribution < -0.4 is 5.32 Å². The molecule has 2 N–H and O–H groups in total. The molecule has 0 saturated carbocycles. The van der Waals surface area contributed by atoms with Crippen LogP contribution in [0.5, 0.6) is 0 Å². The minimum absolute atomic E-state index is 0.957. The lowest BCUT2D eigenvalue weighted by atomic mass is 9.97. The quantitative estimate of drug-likeness (QED) is 0.533. The highest BCUT2D eigenvalue weighted by Gasteiger charge is 2.11. The second-order valence-corrected chi connectivity index (χ2v) is 5.59. The molecule has 2 unspecified atom stereocenters. The van der Waals surface area contributed by atoms with Crippen LogP contribution in [0.25, 0.3) is 0 Å². The number of hydrogen-bond acceptors (Lipinski definition) is 0. The summed E-state index contributed by atoms with van der Waals surface area (Å²) in [6.07, 6.45) is 11.1. The average Bonchev–Trinajstić information content (AvgIpc) is 2.37. The fourth-order valence-corrected chi connectivity index (χ4v) is 2.53. The van der Waals surface area contributed by atoms with Gasteiger partial charge in [-0.3, -0.25) is 0 Å². The maximum Gasteiger partial charge on any atom is 0.0783 e. The molecule has 0 bridgehead atoms. The minimum Gasteiger partial charge on any atom is -0.346 e. The van der Waals surface area contributed by atoms with Crippen molar-refractivity contribution in [2.75, 3.05) is 13.1 Å². The van der Waals surface area contributed by atoms with E-state index in [0.717, 1.165) is 11.8 Å². The van der Waals surface area contributed by atoms with E-state index in [-0.39, 0.29) is 0 Å². The maximum atomic E-state index is 2.59. The molecule has 0 aliphatic heterocycles. The lowest BCUT2D eigenvalue weighted by Gasteiger charge is -2.16. The third-order valence-corrected chi connectivity index (χ3v) is 4.09. The van der Waals surface area contributed by atoms with E-state index in [2.05, 4.69) is 33.0 Å². The Labute approximate surface area is 110 Å². The van der Waals surface area contributed by atoms with E-state index in [1.54, 1.807) is 0 Å². The van der Waals surface area contributed by atoms with Gasteiger partial charge in [0.05, 0.1) is 13.1 Å². The Bertz CT molecular complexity index is 128. The molecule has 0 spiro atoms. The van der Waals surface area contributed by atoms with Crippen molar-refractivity contribution in [3.63, 3.8) is 0 Å². The molecule has 0 aliphatic carbocycles. The Hall–Kier alpha value is -0.0400. The lowest BCUT2D eigenvalue weighted by Crippen LogP contribution is -2.86. The highest BCUT2D eigenvalue weighted by atomic mass is 14.9. The first-order valence-electron chi connectivity index (χ1n) is 8.09. The zero-order valence-corrected chi connectivity index (χ0v) is 12.8. The number of quaternary nitrogens is 1. The predicted octanol–water partition coefficient (Wildman–Crippen LogP) is 3.98. The third kappa shape index (κ3) is 9.64. The average molecular weight is 242 g/mol. The molecule has 1 nitrogen and oxygen atoms in total. The number of hydrogen-bond donors (Lipinski definition) is 1. The second-order valence-electron chi connectivity index (χ2n) is 5.59. The Morgan fingerprint density at radius 1 is 0.706 bits per heavy atom. The highest BCUT2D eigenvalue weighted by molar-refractivity contribution is 4.56. The summed E-state index contributed by atoms with van der Waals surface area (Å²) in [7, 11) is 0. The molecule has 1 heteroatoms. The zero-order chi connectivity index (χ0) is 12.9. The molecule has 0 aliphatic rings. The van der Waals surface area contributed by atoms with Crippen molar-refractivity contribution in [2.24, 2.45) is 11.8 Å². The standard InChI is InChI=1S/C16H35N/c1-5-9-11-15(7-3)13-17-14-16(8-4)12-10-6-2/h15-17H,5-14H2,1-4H3/p+1. The van der Waals surface area contributed by atoms with E-state index in [9.17, 15) is 0 Å². The van der Waals surface area contributed by atoms with E-state index in [0.29, 0.717) is 0 Å². The van der Waals surface area contributed by atoms with Gasteiger partial charge in [-0.25, -0.2) is 0 Å². The van der Waals surface area contributed by atoms with Gasteiger partial charge < -0.3 is 5.32 Å². The Morgan fingerprint density at radius 3 is 1.41 bits per heavy atom.